The van der Waals surface area contributed by atoms with Gasteiger partial charge in [0.15, 0.2) is 0 Å². The van der Waals surface area contributed by atoms with E-state index in [9.17, 15) is 0 Å². The number of rotatable bonds is 9. The van der Waals surface area contributed by atoms with Gasteiger partial charge >= 0.3 is 0 Å². The second-order valence-corrected chi connectivity index (χ2v) is 5.26. The minimum absolute atomic E-state index is 0.585. The highest BCUT2D eigenvalue weighted by Crippen LogP contribution is 2.13. The van der Waals surface area contributed by atoms with Crippen LogP contribution in [-0.4, -0.2) is 12.5 Å². The molecule has 0 bridgehead atoms. The molecule has 2 heteroatoms. The van der Waals surface area contributed by atoms with E-state index < -0.39 is 0 Å². The third-order valence-corrected chi connectivity index (χ3v) is 3.24. The first kappa shape index (κ1) is 16.9. The molecule has 0 spiro atoms. The maximum absolute atomic E-state index is 5.77. The Kier molecular flexibility index (Phi) is 9.88. The van der Waals surface area contributed by atoms with Crippen molar-refractivity contribution in [1.29, 1.82) is 0 Å². The molecule has 0 aliphatic heterocycles. The lowest BCUT2D eigenvalue weighted by Gasteiger charge is -2.06. The Labute approximate surface area is 128 Å². The average molecular weight is 293 g/mol. The number of unbranched alkanes of at least 4 members (excludes halogenated alkanes) is 5. The zero-order valence-corrected chi connectivity index (χ0v) is 13.2. The van der Waals surface area contributed by atoms with Crippen molar-refractivity contribution < 1.29 is 4.74 Å². The normalized spacial score (nSPS) is 9.90. The second-order valence-electron chi connectivity index (χ2n) is 4.88. The summed E-state index contributed by atoms with van der Waals surface area (Å²) in [4.78, 5) is 0. The molecule has 20 heavy (non-hydrogen) atoms. The van der Waals surface area contributed by atoms with Crippen molar-refractivity contribution in [3.8, 4) is 17.6 Å². The molecule has 0 aliphatic carbocycles. The van der Waals surface area contributed by atoms with Gasteiger partial charge in [0, 0.05) is 17.9 Å². The zero-order valence-electron chi connectivity index (χ0n) is 12.5. The molecule has 0 aliphatic rings. The molecular formula is C18H25ClO. The van der Waals surface area contributed by atoms with Gasteiger partial charge in [-0.05, 0) is 24.6 Å². The smallest absolute Gasteiger partial charge is 0.120 e. The average Bonchev–Trinajstić information content (AvgIpc) is 2.47. The van der Waals surface area contributed by atoms with E-state index >= 15 is 0 Å². The Morgan fingerprint density at radius 2 is 1.90 bits per heavy atom. The summed E-state index contributed by atoms with van der Waals surface area (Å²) in [5, 5.41) is 0. The van der Waals surface area contributed by atoms with Crippen LogP contribution in [0, 0.1) is 11.8 Å². The predicted molar refractivity (Wildman–Crippen MR) is 87.5 cm³/mol. The minimum Gasteiger partial charge on any atom is -0.494 e. The van der Waals surface area contributed by atoms with Crippen LogP contribution in [0.1, 0.15) is 57.4 Å². The van der Waals surface area contributed by atoms with Gasteiger partial charge < -0.3 is 4.74 Å². The third kappa shape index (κ3) is 8.12. The Morgan fingerprint density at radius 3 is 2.70 bits per heavy atom. The van der Waals surface area contributed by atoms with E-state index in [2.05, 4.69) is 18.8 Å². The van der Waals surface area contributed by atoms with Gasteiger partial charge in [-0.2, -0.15) is 0 Å². The van der Waals surface area contributed by atoms with Gasteiger partial charge in [0.1, 0.15) is 5.75 Å². The zero-order chi connectivity index (χ0) is 14.5. The summed E-state index contributed by atoms with van der Waals surface area (Å²) in [5.74, 6) is 7.63. The van der Waals surface area contributed by atoms with Crippen LogP contribution < -0.4 is 4.74 Å². The van der Waals surface area contributed by atoms with E-state index in [4.69, 9.17) is 16.3 Å². The Hall–Kier alpha value is -1.13. The van der Waals surface area contributed by atoms with Crippen molar-refractivity contribution in [2.24, 2.45) is 0 Å². The molecule has 0 unspecified atom stereocenters. The Bertz CT molecular complexity index is 417. The Balaban J connectivity index is 2.23. The summed E-state index contributed by atoms with van der Waals surface area (Å²) in [6.45, 7) is 3.04. The van der Waals surface area contributed by atoms with Crippen LogP contribution >= 0.6 is 11.6 Å². The van der Waals surface area contributed by atoms with Gasteiger partial charge in [-0.1, -0.05) is 56.9 Å². The molecule has 0 amide bonds. The van der Waals surface area contributed by atoms with Crippen LogP contribution in [0.15, 0.2) is 24.3 Å². The summed E-state index contributed by atoms with van der Waals surface area (Å²) >= 11 is 5.60. The topological polar surface area (TPSA) is 9.23 Å². The maximum atomic E-state index is 5.77. The summed E-state index contributed by atoms with van der Waals surface area (Å²) < 4.78 is 5.77. The number of alkyl halides is 1. The van der Waals surface area contributed by atoms with E-state index in [-0.39, 0.29) is 0 Å². The molecule has 0 radical (unpaired) electrons. The second kappa shape index (κ2) is 11.7. The molecule has 1 rings (SSSR count). The number of hydrogen-bond donors (Lipinski definition) is 0. The highest BCUT2D eigenvalue weighted by Gasteiger charge is 1.95. The van der Waals surface area contributed by atoms with Gasteiger partial charge in [-0.3, -0.25) is 0 Å². The van der Waals surface area contributed by atoms with E-state index in [1.165, 1.54) is 32.1 Å². The van der Waals surface area contributed by atoms with Crippen molar-refractivity contribution in [2.45, 2.75) is 51.9 Å². The highest BCUT2D eigenvalue weighted by molar-refractivity contribution is 6.18. The molecule has 1 nitrogen and oxygen atoms in total. The lowest BCUT2D eigenvalue weighted by molar-refractivity contribution is 0.304. The van der Waals surface area contributed by atoms with E-state index in [0.29, 0.717) is 5.88 Å². The molecule has 0 saturated carbocycles. The number of benzene rings is 1. The molecular weight excluding hydrogens is 268 g/mol. The first-order chi connectivity index (χ1) is 9.86. The van der Waals surface area contributed by atoms with E-state index in [1.807, 2.05) is 24.3 Å². The monoisotopic (exact) mass is 292 g/mol. The van der Waals surface area contributed by atoms with Crippen LogP contribution in [0.2, 0.25) is 0 Å². The molecule has 0 saturated heterocycles. The third-order valence-electron chi connectivity index (χ3n) is 3.05. The molecule has 0 N–H and O–H groups in total. The fourth-order valence-corrected chi connectivity index (χ4v) is 2.04. The lowest BCUT2D eigenvalue weighted by Crippen LogP contribution is -1.97. The first-order valence-electron chi connectivity index (χ1n) is 7.64. The molecule has 0 aromatic heterocycles. The van der Waals surface area contributed by atoms with Crippen LogP contribution in [-0.2, 0) is 0 Å². The standard InChI is InChI=1S/C18H25ClO/c1-2-3-4-5-6-9-15-20-18-13-10-12-17(16-18)11-7-8-14-19/h10,12-13,16H,2-6,8-9,14-15H2,1H3. The van der Waals surface area contributed by atoms with Gasteiger partial charge in [0.05, 0.1) is 6.61 Å². The van der Waals surface area contributed by atoms with Crippen molar-refractivity contribution in [3.63, 3.8) is 0 Å². The fraction of sp³-hybridized carbons (Fsp3) is 0.556. The number of hydrogen-bond acceptors (Lipinski definition) is 1. The molecule has 0 heterocycles. The fourth-order valence-electron chi connectivity index (χ4n) is 1.95. The molecule has 0 atom stereocenters. The number of halogens is 1. The van der Waals surface area contributed by atoms with Crippen LogP contribution in [0.3, 0.4) is 0 Å². The SMILES string of the molecule is CCCCCCCCOc1cccc(C#CCCCl)c1. The number of ether oxygens (including phenoxy) is 1. The largest absolute Gasteiger partial charge is 0.494 e. The predicted octanol–water partition coefficient (Wildman–Crippen LogP) is 5.41. The summed E-state index contributed by atoms with van der Waals surface area (Å²) in [5.41, 5.74) is 0.996. The van der Waals surface area contributed by atoms with Gasteiger partial charge in [0.25, 0.3) is 0 Å². The van der Waals surface area contributed by atoms with Crippen molar-refractivity contribution in [2.75, 3.05) is 12.5 Å². The summed E-state index contributed by atoms with van der Waals surface area (Å²) in [7, 11) is 0. The van der Waals surface area contributed by atoms with Gasteiger partial charge in [-0.15, -0.1) is 11.6 Å². The maximum Gasteiger partial charge on any atom is 0.120 e. The van der Waals surface area contributed by atoms with Crippen LogP contribution in [0.4, 0.5) is 0 Å². The molecule has 0 fully saturated rings. The van der Waals surface area contributed by atoms with E-state index in [0.717, 1.165) is 30.8 Å². The first-order valence-corrected chi connectivity index (χ1v) is 8.18. The van der Waals surface area contributed by atoms with Gasteiger partial charge in [0.2, 0.25) is 0 Å². The molecule has 110 valence electrons. The van der Waals surface area contributed by atoms with Gasteiger partial charge in [-0.25, -0.2) is 0 Å². The van der Waals surface area contributed by atoms with Crippen LogP contribution in [0.5, 0.6) is 5.75 Å². The van der Waals surface area contributed by atoms with E-state index in [1.54, 1.807) is 0 Å². The van der Waals surface area contributed by atoms with Crippen LogP contribution in [0.25, 0.3) is 0 Å². The minimum atomic E-state index is 0.585. The lowest BCUT2D eigenvalue weighted by atomic mass is 10.1. The summed E-state index contributed by atoms with van der Waals surface area (Å²) in [6, 6.07) is 7.97. The summed E-state index contributed by atoms with van der Waals surface area (Å²) in [6.07, 6.45) is 8.44. The van der Waals surface area contributed by atoms with Crippen molar-refractivity contribution in [1.82, 2.24) is 0 Å². The van der Waals surface area contributed by atoms with Crippen molar-refractivity contribution >= 4 is 11.6 Å². The quantitative estimate of drug-likeness (QED) is 0.336. The van der Waals surface area contributed by atoms with Crippen molar-refractivity contribution in [3.05, 3.63) is 29.8 Å². The highest BCUT2D eigenvalue weighted by atomic mass is 35.5. The Morgan fingerprint density at radius 1 is 1.10 bits per heavy atom. The molecule has 1 aromatic rings. The molecule has 1 aromatic carbocycles.